The number of aliphatic imine (C=N–C) groups is 1. The summed E-state index contributed by atoms with van der Waals surface area (Å²) >= 11 is 0. The summed E-state index contributed by atoms with van der Waals surface area (Å²) < 4.78 is 74.5. The van der Waals surface area contributed by atoms with E-state index in [2.05, 4.69) is 4.99 Å². The summed E-state index contributed by atoms with van der Waals surface area (Å²) in [6, 6.07) is 0. The standard InChI is InChI=1S/C22H37F6NO/c23-21(24,25)20(22(26,27)28)17-15-13-11-9-7-5-3-1-2-4-6-8-10-12-14-16-18-29-19-30/h20H,1-18H2. The number of halogens is 6. The summed E-state index contributed by atoms with van der Waals surface area (Å²) in [6.07, 6.45) is 6.03. The van der Waals surface area contributed by atoms with Crippen LogP contribution in [0.3, 0.4) is 0 Å². The molecule has 0 saturated heterocycles. The van der Waals surface area contributed by atoms with Crippen molar-refractivity contribution in [3.63, 3.8) is 0 Å². The van der Waals surface area contributed by atoms with E-state index < -0.39 is 24.7 Å². The van der Waals surface area contributed by atoms with Crippen molar-refractivity contribution in [3.8, 4) is 0 Å². The van der Waals surface area contributed by atoms with E-state index >= 15 is 0 Å². The fraction of sp³-hybridized carbons (Fsp3) is 0.955. The summed E-state index contributed by atoms with van der Waals surface area (Å²) in [7, 11) is 0. The van der Waals surface area contributed by atoms with Crippen LogP contribution in [0.15, 0.2) is 4.99 Å². The van der Waals surface area contributed by atoms with Gasteiger partial charge in [-0.3, -0.25) is 0 Å². The molecule has 0 unspecified atom stereocenters. The first-order chi connectivity index (χ1) is 14.2. The molecule has 0 spiro atoms. The van der Waals surface area contributed by atoms with Gasteiger partial charge in [0.15, 0.2) is 5.92 Å². The first-order valence-corrected chi connectivity index (χ1v) is 11.4. The number of carbonyl (C=O) groups excluding carboxylic acids is 1. The number of isocyanates is 1. The van der Waals surface area contributed by atoms with Crippen LogP contribution in [0.2, 0.25) is 0 Å². The Balaban J connectivity index is 3.36. The largest absolute Gasteiger partial charge is 0.400 e. The van der Waals surface area contributed by atoms with E-state index in [-0.39, 0.29) is 6.42 Å². The molecule has 0 aromatic carbocycles. The fourth-order valence-corrected chi connectivity index (χ4v) is 3.57. The van der Waals surface area contributed by atoms with Gasteiger partial charge in [0, 0.05) is 0 Å². The van der Waals surface area contributed by atoms with Gasteiger partial charge in [-0.15, -0.1) is 0 Å². The number of unbranched alkanes of at least 4 members (excludes halogenated alkanes) is 15. The lowest BCUT2D eigenvalue weighted by Gasteiger charge is -2.22. The zero-order valence-corrected chi connectivity index (χ0v) is 17.9. The second-order valence-electron chi connectivity index (χ2n) is 8.05. The van der Waals surface area contributed by atoms with E-state index in [1.54, 1.807) is 6.08 Å². The van der Waals surface area contributed by atoms with Crippen molar-refractivity contribution in [2.24, 2.45) is 10.9 Å². The Morgan fingerprint density at radius 2 is 0.833 bits per heavy atom. The van der Waals surface area contributed by atoms with Crippen LogP contribution >= 0.6 is 0 Å². The Morgan fingerprint density at radius 3 is 1.13 bits per heavy atom. The predicted molar refractivity (Wildman–Crippen MR) is 107 cm³/mol. The molecule has 0 aliphatic rings. The van der Waals surface area contributed by atoms with Crippen LogP contribution in [0.5, 0.6) is 0 Å². The lowest BCUT2D eigenvalue weighted by atomic mass is 9.98. The van der Waals surface area contributed by atoms with Crippen molar-refractivity contribution in [1.29, 1.82) is 0 Å². The zero-order chi connectivity index (χ0) is 22.7. The summed E-state index contributed by atoms with van der Waals surface area (Å²) in [5.41, 5.74) is 0. The highest BCUT2D eigenvalue weighted by Gasteiger charge is 2.55. The molecule has 8 heteroatoms. The minimum atomic E-state index is -5.20. The van der Waals surface area contributed by atoms with E-state index in [1.165, 1.54) is 44.9 Å². The van der Waals surface area contributed by atoms with Gasteiger partial charge in [-0.1, -0.05) is 96.3 Å². The maximum absolute atomic E-state index is 12.4. The molecular weight excluding hydrogens is 408 g/mol. The van der Waals surface area contributed by atoms with E-state index in [0.29, 0.717) is 19.4 Å². The van der Waals surface area contributed by atoms with Gasteiger partial charge in [-0.05, 0) is 12.8 Å². The molecule has 0 atom stereocenters. The van der Waals surface area contributed by atoms with Crippen LogP contribution in [-0.4, -0.2) is 25.0 Å². The quantitative estimate of drug-likeness (QED) is 0.0846. The first-order valence-electron chi connectivity index (χ1n) is 11.4. The molecule has 0 rings (SSSR count). The number of hydrogen-bond acceptors (Lipinski definition) is 2. The Kier molecular flexibility index (Phi) is 17.0. The topological polar surface area (TPSA) is 29.4 Å². The van der Waals surface area contributed by atoms with Crippen LogP contribution in [0.4, 0.5) is 26.3 Å². The highest BCUT2D eigenvalue weighted by Crippen LogP contribution is 2.42. The molecule has 0 aliphatic heterocycles. The second-order valence-corrected chi connectivity index (χ2v) is 8.05. The molecule has 0 N–H and O–H groups in total. The lowest BCUT2D eigenvalue weighted by Crippen LogP contribution is -2.36. The molecule has 2 nitrogen and oxygen atoms in total. The van der Waals surface area contributed by atoms with Gasteiger partial charge in [0.25, 0.3) is 0 Å². The van der Waals surface area contributed by atoms with Crippen LogP contribution in [-0.2, 0) is 4.79 Å². The SMILES string of the molecule is O=C=NCCCCCCCCCCCCCCCCCCC(C(F)(F)F)C(F)(F)F. The van der Waals surface area contributed by atoms with Crippen molar-refractivity contribution < 1.29 is 31.1 Å². The average molecular weight is 446 g/mol. The Hall–Kier alpha value is -1.04. The summed E-state index contributed by atoms with van der Waals surface area (Å²) in [5, 5.41) is 0. The summed E-state index contributed by atoms with van der Waals surface area (Å²) in [5.74, 6) is -3.19. The molecule has 178 valence electrons. The first kappa shape index (κ1) is 29.0. The molecule has 0 aromatic rings. The maximum Gasteiger partial charge on any atom is 0.400 e. The van der Waals surface area contributed by atoms with E-state index in [0.717, 1.165) is 38.5 Å². The smallest absolute Gasteiger partial charge is 0.211 e. The average Bonchev–Trinajstić information content (AvgIpc) is 2.64. The highest BCUT2D eigenvalue weighted by atomic mass is 19.4. The summed E-state index contributed by atoms with van der Waals surface area (Å²) in [6.45, 7) is 0.583. The molecule has 0 amide bonds. The third kappa shape index (κ3) is 17.8. The maximum atomic E-state index is 12.4. The monoisotopic (exact) mass is 445 g/mol. The third-order valence-electron chi connectivity index (χ3n) is 5.37. The molecule has 0 heterocycles. The molecule has 30 heavy (non-hydrogen) atoms. The van der Waals surface area contributed by atoms with Crippen molar-refractivity contribution in [2.45, 2.75) is 122 Å². The van der Waals surface area contributed by atoms with E-state index in [9.17, 15) is 31.1 Å². The summed E-state index contributed by atoms with van der Waals surface area (Å²) in [4.78, 5) is 13.4. The fourth-order valence-electron chi connectivity index (χ4n) is 3.57. The highest BCUT2D eigenvalue weighted by molar-refractivity contribution is 5.32. The minimum Gasteiger partial charge on any atom is -0.211 e. The Morgan fingerprint density at radius 1 is 0.533 bits per heavy atom. The van der Waals surface area contributed by atoms with Crippen LogP contribution in [0, 0.1) is 5.92 Å². The van der Waals surface area contributed by atoms with Gasteiger partial charge in [-0.25, -0.2) is 9.79 Å². The van der Waals surface area contributed by atoms with Crippen molar-refractivity contribution >= 4 is 6.08 Å². The van der Waals surface area contributed by atoms with Gasteiger partial charge in [-0.2, -0.15) is 26.3 Å². The molecule has 0 aliphatic carbocycles. The molecule has 0 bridgehead atoms. The predicted octanol–water partition coefficient (Wildman–Crippen LogP) is 8.69. The van der Waals surface area contributed by atoms with Gasteiger partial charge >= 0.3 is 12.4 Å². The Labute approximate surface area is 176 Å². The third-order valence-corrected chi connectivity index (χ3v) is 5.37. The van der Waals surface area contributed by atoms with E-state index in [4.69, 9.17) is 0 Å². The van der Waals surface area contributed by atoms with Crippen molar-refractivity contribution in [2.75, 3.05) is 6.54 Å². The van der Waals surface area contributed by atoms with Crippen LogP contribution in [0.1, 0.15) is 109 Å². The number of nitrogens with zero attached hydrogens (tertiary/aromatic N) is 1. The minimum absolute atomic E-state index is 0.0314. The van der Waals surface area contributed by atoms with Gasteiger partial charge in [0.1, 0.15) is 0 Å². The van der Waals surface area contributed by atoms with Crippen molar-refractivity contribution in [1.82, 2.24) is 0 Å². The Bertz CT molecular complexity index is 430. The molecular formula is C22H37F6NO. The van der Waals surface area contributed by atoms with Crippen molar-refractivity contribution in [3.05, 3.63) is 0 Å². The number of alkyl halides is 6. The van der Waals surface area contributed by atoms with Gasteiger partial charge in [0.2, 0.25) is 6.08 Å². The van der Waals surface area contributed by atoms with Gasteiger partial charge in [0.05, 0.1) is 6.54 Å². The molecule has 0 saturated carbocycles. The lowest BCUT2D eigenvalue weighted by molar-refractivity contribution is -0.285. The normalized spacial score (nSPS) is 12.4. The second kappa shape index (κ2) is 17.6. The number of hydrogen-bond donors (Lipinski definition) is 0. The van der Waals surface area contributed by atoms with Crippen LogP contribution < -0.4 is 0 Å². The van der Waals surface area contributed by atoms with Crippen LogP contribution in [0.25, 0.3) is 0 Å². The molecule has 0 radical (unpaired) electrons. The number of rotatable bonds is 19. The van der Waals surface area contributed by atoms with E-state index in [1.807, 2.05) is 0 Å². The molecule has 0 fully saturated rings. The molecule has 0 aromatic heterocycles. The van der Waals surface area contributed by atoms with Gasteiger partial charge < -0.3 is 0 Å². The zero-order valence-electron chi connectivity index (χ0n) is 17.9.